The number of ether oxygens (including phenoxy) is 1. The molecule has 4 rings (SSSR count). The van der Waals surface area contributed by atoms with Gasteiger partial charge in [0.1, 0.15) is 16.7 Å². The van der Waals surface area contributed by atoms with Crippen molar-refractivity contribution >= 4 is 38.4 Å². The standard InChI is InChI=1S/C27H31N3O6S/c31-26(24-25(37(34)35)21-6-1-2-7-22(21)29-24)30-23(27(32)33)17-19-8-10-20(11-9-19)36-16-4-3-5-18-12-14-28-15-13-18/h1-2,6-11,18,23,28H,3-5,12-17H2,(H,30,31)(H,32,33)/t23-/m0/s1. The molecule has 2 heterocycles. The number of hydrogen-bond donors (Lipinski definition) is 3. The van der Waals surface area contributed by atoms with Gasteiger partial charge in [-0.15, -0.1) is 0 Å². The van der Waals surface area contributed by atoms with Gasteiger partial charge in [0.25, 0.3) is 5.91 Å². The Hall–Kier alpha value is -3.50. The predicted octanol–water partition coefficient (Wildman–Crippen LogP) is 2.53. The van der Waals surface area contributed by atoms with Gasteiger partial charge in [-0.3, -0.25) is 4.79 Å². The van der Waals surface area contributed by atoms with Gasteiger partial charge in [0.2, 0.25) is 10.3 Å². The molecule has 2 aliphatic heterocycles. The number of nitrogens with zero attached hydrogens (tertiary/aromatic N) is 1. The summed E-state index contributed by atoms with van der Waals surface area (Å²) in [5, 5.41) is 15.5. The molecule has 0 unspecified atom stereocenters. The molecule has 0 spiro atoms. The average molecular weight is 526 g/mol. The molecule has 196 valence electrons. The lowest BCUT2D eigenvalue weighted by Gasteiger charge is -2.22. The Kier molecular flexibility index (Phi) is 9.08. The van der Waals surface area contributed by atoms with Gasteiger partial charge < -0.3 is 20.5 Å². The smallest absolute Gasteiger partial charge is 0.326 e. The van der Waals surface area contributed by atoms with Crippen molar-refractivity contribution in [1.82, 2.24) is 10.6 Å². The van der Waals surface area contributed by atoms with Crippen LogP contribution in [0.3, 0.4) is 0 Å². The first-order chi connectivity index (χ1) is 17.9. The fourth-order valence-corrected chi connectivity index (χ4v) is 5.31. The molecular weight excluding hydrogens is 494 g/mol. The number of aliphatic carboxylic acids is 1. The van der Waals surface area contributed by atoms with Crippen LogP contribution in [0.2, 0.25) is 0 Å². The number of nitrogens with one attached hydrogen (secondary N) is 2. The predicted molar refractivity (Wildman–Crippen MR) is 141 cm³/mol. The molecule has 2 aromatic rings. The normalized spacial score (nSPS) is 16.0. The maximum Gasteiger partial charge on any atom is 0.326 e. The van der Waals surface area contributed by atoms with Crippen LogP contribution in [0.1, 0.15) is 43.2 Å². The van der Waals surface area contributed by atoms with Crippen molar-refractivity contribution < 1.29 is 27.9 Å². The highest BCUT2D eigenvalue weighted by Crippen LogP contribution is 2.26. The maximum absolute atomic E-state index is 12.8. The number of piperidine rings is 1. The van der Waals surface area contributed by atoms with E-state index in [4.69, 9.17) is 4.74 Å². The summed E-state index contributed by atoms with van der Waals surface area (Å²) in [6.45, 7) is 2.86. The molecule has 1 saturated heterocycles. The van der Waals surface area contributed by atoms with E-state index in [1.165, 1.54) is 19.3 Å². The minimum absolute atomic E-state index is 0.0215. The quantitative estimate of drug-likeness (QED) is 0.303. The van der Waals surface area contributed by atoms with E-state index in [0.717, 1.165) is 31.8 Å². The Morgan fingerprint density at radius 2 is 1.81 bits per heavy atom. The molecule has 1 atom stereocenters. The van der Waals surface area contributed by atoms with Gasteiger partial charge in [-0.05, 0) is 68.5 Å². The van der Waals surface area contributed by atoms with E-state index in [9.17, 15) is 23.1 Å². The van der Waals surface area contributed by atoms with Crippen LogP contribution in [0.15, 0.2) is 53.5 Å². The number of rotatable bonds is 11. The van der Waals surface area contributed by atoms with Crippen molar-refractivity contribution in [2.75, 3.05) is 19.7 Å². The van der Waals surface area contributed by atoms with Crippen molar-refractivity contribution in [3.63, 3.8) is 0 Å². The molecule has 0 radical (unpaired) electrons. The van der Waals surface area contributed by atoms with Crippen molar-refractivity contribution in [2.24, 2.45) is 10.9 Å². The van der Waals surface area contributed by atoms with Gasteiger partial charge in [0.15, 0.2) is 5.71 Å². The molecule has 10 heteroatoms. The van der Waals surface area contributed by atoms with Gasteiger partial charge in [0.05, 0.1) is 12.3 Å². The van der Waals surface area contributed by atoms with Crippen LogP contribution in [0.5, 0.6) is 5.75 Å². The Morgan fingerprint density at radius 3 is 2.51 bits per heavy atom. The molecular formula is C27H31N3O6S. The lowest BCUT2D eigenvalue weighted by Crippen LogP contribution is -2.46. The second-order valence-electron chi connectivity index (χ2n) is 9.29. The Labute approximate surface area is 217 Å². The van der Waals surface area contributed by atoms with Crippen molar-refractivity contribution in [3.8, 4) is 5.75 Å². The first kappa shape index (κ1) is 26.6. The topological polar surface area (TPSA) is 134 Å². The largest absolute Gasteiger partial charge is 0.494 e. The van der Waals surface area contributed by atoms with E-state index < -0.39 is 28.2 Å². The first-order valence-corrected chi connectivity index (χ1v) is 13.6. The number of benzene rings is 2. The van der Waals surface area contributed by atoms with Crippen molar-refractivity contribution in [1.29, 1.82) is 0 Å². The lowest BCUT2D eigenvalue weighted by molar-refractivity contribution is -0.140. The second kappa shape index (κ2) is 12.6. The van der Waals surface area contributed by atoms with E-state index in [2.05, 4.69) is 15.6 Å². The fourth-order valence-electron chi connectivity index (χ4n) is 4.66. The molecule has 0 aliphatic carbocycles. The van der Waals surface area contributed by atoms with Crippen LogP contribution < -0.4 is 15.4 Å². The van der Waals surface area contributed by atoms with Crippen molar-refractivity contribution in [3.05, 3.63) is 59.7 Å². The van der Waals surface area contributed by atoms with E-state index in [1.54, 1.807) is 48.5 Å². The third-order valence-electron chi connectivity index (χ3n) is 6.68. The summed E-state index contributed by atoms with van der Waals surface area (Å²) in [5.74, 6) is -0.571. The molecule has 0 aromatic heterocycles. The van der Waals surface area contributed by atoms with Gasteiger partial charge in [-0.1, -0.05) is 36.8 Å². The number of para-hydroxylation sites is 1. The zero-order valence-electron chi connectivity index (χ0n) is 20.5. The highest BCUT2D eigenvalue weighted by Gasteiger charge is 2.31. The van der Waals surface area contributed by atoms with Gasteiger partial charge in [-0.25, -0.2) is 9.79 Å². The first-order valence-electron chi connectivity index (χ1n) is 12.5. The summed E-state index contributed by atoms with van der Waals surface area (Å²) < 4.78 is 29.4. The molecule has 1 amide bonds. The number of carbonyl (C=O) groups excluding carboxylic acids is 1. The van der Waals surface area contributed by atoms with Crippen LogP contribution >= 0.6 is 0 Å². The molecule has 2 aliphatic rings. The molecule has 0 saturated carbocycles. The van der Waals surface area contributed by atoms with Crippen LogP contribution in [0.4, 0.5) is 5.69 Å². The van der Waals surface area contributed by atoms with Gasteiger partial charge >= 0.3 is 5.97 Å². The Bertz CT molecular complexity index is 1290. The van der Waals surface area contributed by atoms with E-state index in [0.29, 0.717) is 29.2 Å². The summed E-state index contributed by atoms with van der Waals surface area (Å²) in [4.78, 5) is 28.6. The highest BCUT2D eigenvalue weighted by molar-refractivity contribution is 7.75. The second-order valence-corrected chi connectivity index (χ2v) is 10.2. The van der Waals surface area contributed by atoms with Crippen LogP contribution in [0, 0.1) is 5.92 Å². The summed E-state index contributed by atoms with van der Waals surface area (Å²) in [5.41, 5.74) is 1.04. The monoisotopic (exact) mass is 525 g/mol. The minimum Gasteiger partial charge on any atom is -0.494 e. The molecule has 3 N–H and O–H groups in total. The van der Waals surface area contributed by atoms with Crippen molar-refractivity contribution in [2.45, 2.75) is 44.6 Å². The third kappa shape index (κ3) is 7.05. The number of carboxylic acids is 1. The number of carbonyl (C=O) groups is 2. The van der Waals surface area contributed by atoms with Crippen LogP contribution in [-0.4, -0.2) is 61.7 Å². The number of unbranched alkanes of at least 4 members (excludes halogenated alkanes) is 1. The third-order valence-corrected chi connectivity index (χ3v) is 7.43. The Balaban J connectivity index is 1.29. The summed E-state index contributed by atoms with van der Waals surface area (Å²) in [7, 11) is -2.71. The van der Waals surface area contributed by atoms with E-state index in [-0.39, 0.29) is 17.0 Å². The zero-order valence-corrected chi connectivity index (χ0v) is 21.3. The number of aliphatic imine (C=N–C) groups is 1. The van der Waals surface area contributed by atoms with Crippen LogP contribution in [-0.2, 0) is 26.3 Å². The number of fused-ring (bicyclic) bond motifs is 1. The minimum atomic E-state index is -2.71. The fraction of sp³-hybridized carbons (Fsp3) is 0.407. The van der Waals surface area contributed by atoms with Gasteiger partial charge in [0, 0.05) is 12.0 Å². The maximum atomic E-state index is 12.8. The molecule has 0 bridgehead atoms. The Morgan fingerprint density at radius 1 is 1.08 bits per heavy atom. The molecule has 9 nitrogen and oxygen atoms in total. The van der Waals surface area contributed by atoms with Gasteiger partial charge in [-0.2, -0.15) is 8.42 Å². The van der Waals surface area contributed by atoms with E-state index in [1.807, 2.05) is 0 Å². The number of carboxylic acid groups (broad SMARTS) is 1. The summed E-state index contributed by atoms with van der Waals surface area (Å²) in [6.07, 6.45) is 5.87. The molecule has 2 aromatic carbocycles. The average Bonchev–Trinajstić information content (AvgIpc) is 3.30. The van der Waals surface area contributed by atoms with E-state index >= 15 is 0 Å². The number of amides is 1. The number of hydrogen-bond acceptors (Lipinski definition) is 7. The highest BCUT2D eigenvalue weighted by atomic mass is 32.2. The summed E-state index contributed by atoms with van der Waals surface area (Å²) in [6, 6.07) is 12.3. The molecule has 37 heavy (non-hydrogen) atoms. The van der Waals surface area contributed by atoms with Crippen LogP contribution in [0.25, 0.3) is 0 Å². The lowest BCUT2D eigenvalue weighted by atomic mass is 9.93. The molecule has 1 fully saturated rings. The SMILES string of the molecule is O=C(N[C@@H](Cc1ccc(OCCCCC2CCNCC2)cc1)C(=O)O)C1=Nc2ccccc2C1=S(=O)=O. The zero-order chi connectivity index (χ0) is 26.2. The summed E-state index contributed by atoms with van der Waals surface area (Å²) >= 11 is 0.